The Balaban J connectivity index is 2.70. The lowest BCUT2D eigenvalue weighted by Crippen LogP contribution is -2.35. The molecule has 1 amide bonds. The van der Waals surface area contributed by atoms with Gasteiger partial charge in [-0.1, -0.05) is 22.0 Å². The second-order valence-corrected chi connectivity index (χ2v) is 5.27. The first-order valence-electron chi connectivity index (χ1n) is 4.66. The number of anilines is 1. The number of amides is 1. The van der Waals surface area contributed by atoms with Crippen LogP contribution >= 0.6 is 15.9 Å². The second kappa shape index (κ2) is 5.87. The van der Waals surface area contributed by atoms with Gasteiger partial charge in [0.1, 0.15) is 0 Å². The zero-order valence-electron chi connectivity index (χ0n) is 8.94. The number of benzene rings is 1. The fraction of sp³-hybridized carbons (Fsp3) is 0.222. The topological polar surface area (TPSA) is 84.5 Å². The van der Waals surface area contributed by atoms with E-state index >= 15 is 0 Å². The van der Waals surface area contributed by atoms with Crippen molar-refractivity contribution in [3.8, 4) is 0 Å². The lowest BCUT2D eigenvalue weighted by atomic mass is 10.3. The zero-order valence-corrected chi connectivity index (χ0v) is 11.3. The molecule has 1 aromatic rings. The molecule has 2 N–H and O–H groups in total. The van der Waals surface area contributed by atoms with E-state index in [2.05, 4.69) is 25.4 Å². The molecule has 94 valence electrons. The van der Waals surface area contributed by atoms with E-state index in [1.807, 2.05) is 0 Å². The van der Waals surface area contributed by atoms with Gasteiger partial charge in [0.05, 0.1) is 12.3 Å². The smallest absolute Gasteiger partial charge is 0.422 e. The van der Waals surface area contributed by atoms with E-state index in [0.717, 1.165) is 0 Å². The van der Waals surface area contributed by atoms with Crippen molar-refractivity contribution < 1.29 is 17.9 Å². The Bertz CT molecular complexity index is 503. The molecule has 0 fully saturated rings. The normalized spacial score (nSPS) is 10.7. The fourth-order valence-corrected chi connectivity index (χ4v) is 2.17. The van der Waals surface area contributed by atoms with Crippen molar-refractivity contribution in [3.05, 3.63) is 28.7 Å². The predicted octanol–water partition coefficient (Wildman–Crippen LogP) is 1.85. The van der Waals surface area contributed by atoms with E-state index in [4.69, 9.17) is 0 Å². The number of hydrogen-bond donors (Lipinski definition) is 2. The summed E-state index contributed by atoms with van der Waals surface area (Å²) in [7, 11) is -3.97. The highest BCUT2D eigenvalue weighted by atomic mass is 79.9. The molecule has 17 heavy (non-hydrogen) atoms. The average Bonchev–Trinajstić information content (AvgIpc) is 2.15. The molecule has 0 aliphatic carbocycles. The monoisotopic (exact) mass is 322 g/mol. The van der Waals surface area contributed by atoms with Crippen LogP contribution in [-0.4, -0.2) is 21.1 Å². The van der Waals surface area contributed by atoms with Crippen molar-refractivity contribution in [3.63, 3.8) is 0 Å². The van der Waals surface area contributed by atoms with E-state index in [-0.39, 0.29) is 6.61 Å². The Hall–Kier alpha value is -1.28. The molecule has 0 heterocycles. The summed E-state index contributed by atoms with van der Waals surface area (Å²) < 4.78 is 32.0. The fourth-order valence-electron chi connectivity index (χ4n) is 1.00. The van der Waals surface area contributed by atoms with Crippen molar-refractivity contribution in [2.45, 2.75) is 6.92 Å². The minimum atomic E-state index is -3.97. The maximum absolute atomic E-state index is 11.5. The third kappa shape index (κ3) is 5.05. The largest absolute Gasteiger partial charge is 0.449 e. The third-order valence-electron chi connectivity index (χ3n) is 1.57. The van der Waals surface area contributed by atoms with Crippen LogP contribution in [0.2, 0.25) is 0 Å². The molecule has 1 rings (SSSR count). The summed E-state index contributed by atoms with van der Waals surface area (Å²) in [6.45, 7) is 1.67. The molecule has 0 spiro atoms. The van der Waals surface area contributed by atoms with Crippen LogP contribution in [0.4, 0.5) is 10.5 Å². The maximum Gasteiger partial charge on any atom is 0.422 e. The van der Waals surface area contributed by atoms with Crippen molar-refractivity contribution in [1.29, 1.82) is 0 Å². The summed E-state index contributed by atoms with van der Waals surface area (Å²) >= 11 is 3.20. The van der Waals surface area contributed by atoms with E-state index in [1.54, 1.807) is 35.9 Å². The second-order valence-electron chi connectivity index (χ2n) is 2.94. The van der Waals surface area contributed by atoms with E-state index in [0.29, 0.717) is 10.2 Å². The summed E-state index contributed by atoms with van der Waals surface area (Å²) in [6, 6.07) is 6.52. The molecular weight excluding hydrogens is 312 g/mol. The molecule has 0 saturated carbocycles. The van der Waals surface area contributed by atoms with E-state index in [1.165, 1.54) is 0 Å². The molecule has 0 aromatic heterocycles. The molecule has 0 aliphatic heterocycles. The summed E-state index contributed by atoms with van der Waals surface area (Å²) in [5.74, 6) is 0. The summed E-state index contributed by atoms with van der Waals surface area (Å²) in [5, 5.41) is 0. The highest BCUT2D eigenvalue weighted by molar-refractivity contribution is 9.10. The number of carbonyl (C=O) groups excluding carboxylic acids is 1. The van der Waals surface area contributed by atoms with Crippen LogP contribution < -0.4 is 9.44 Å². The van der Waals surface area contributed by atoms with Crippen molar-refractivity contribution >= 4 is 37.9 Å². The Morgan fingerprint density at radius 3 is 2.76 bits per heavy atom. The van der Waals surface area contributed by atoms with Gasteiger partial charge >= 0.3 is 16.3 Å². The summed E-state index contributed by atoms with van der Waals surface area (Å²) in [5.41, 5.74) is 0.330. The standard InChI is InChI=1S/C9H11BrN2O4S/c1-2-16-9(13)12-17(14,15)11-8-5-3-4-7(10)6-8/h3-6,11H,2H2,1H3,(H,12,13). The number of ether oxygens (including phenoxy) is 1. The Kier molecular flexibility index (Phi) is 4.76. The number of halogens is 1. The van der Waals surface area contributed by atoms with Gasteiger partial charge in [0.15, 0.2) is 0 Å². The molecule has 0 radical (unpaired) electrons. The van der Waals surface area contributed by atoms with Crippen molar-refractivity contribution in [2.75, 3.05) is 11.3 Å². The van der Waals surface area contributed by atoms with Crippen LogP contribution in [0.1, 0.15) is 6.92 Å². The van der Waals surface area contributed by atoms with Gasteiger partial charge in [-0.15, -0.1) is 0 Å². The quantitative estimate of drug-likeness (QED) is 0.886. The van der Waals surface area contributed by atoms with Crippen molar-refractivity contribution in [2.24, 2.45) is 0 Å². The lowest BCUT2D eigenvalue weighted by Gasteiger charge is -2.09. The van der Waals surface area contributed by atoms with Crippen LogP contribution in [-0.2, 0) is 14.9 Å². The molecule has 8 heteroatoms. The minimum Gasteiger partial charge on any atom is -0.449 e. The highest BCUT2D eigenvalue weighted by Crippen LogP contribution is 2.16. The van der Waals surface area contributed by atoms with Gasteiger partial charge in [0, 0.05) is 4.47 Å². The highest BCUT2D eigenvalue weighted by Gasteiger charge is 2.14. The van der Waals surface area contributed by atoms with E-state index < -0.39 is 16.3 Å². The maximum atomic E-state index is 11.5. The molecule has 0 unspecified atom stereocenters. The molecule has 0 saturated heterocycles. The van der Waals surface area contributed by atoms with Gasteiger partial charge in [-0.25, -0.2) is 9.52 Å². The first-order chi connectivity index (χ1) is 7.93. The lowest BCUT2D eigenvalue weighted by molar-refractivity contribution is 0.159. The summed E-state index contributed by atoms with van der Waals surface area (Å²) in [6.07, 6.45) is -1.02. The molecule has 0 aliphatic rings. The Morgan fingerprint density at radius 1 is 1.47 bits per heavy atom. The van der Waals surface area contributed by atoms with Gasteiger partial charge < -0.3 is 4.74 Å². The molecular formula is C9H11BrN2O4S. The molecule has 0 atom stereocenters. The van der Waals surface area contributed by atoms with Gasteiger partial charge in [0.25, 0.3) is 0 Å². The number of nitrogens with one attached hydrogen (secondary N) is 2. The third-order valence-corrected chi connectivity index (χ3v) is 3.00. The van der Waals surface area contributed by atoms with Crippen LogP contribution in [0.25, 0.3) is 0 Å². The Morgan fingerprint density at radius 2 is 2.18 bits per heavy atom. The van der Waals surface area contributed by atoms with Crippen LogP contribution in [0, 0.1) is 0 Å². The van der Waals surface area contributed by atoms with Gasteiger partial charge in [-0.3, -0.25) is 4.72 Å². The van der Waals surface area contributed by atoms with Gasteiger partial charge in [0.2, 0.25) is 0 Å². The molecule has 1 aromatic carbocycles. The first kappa shape index (κ1) is 13.8. The predicted molar refractivity (Wildman–Crippen MR) is 66.8 cm³/mol. The van der Waals surface area contributed by atoms with E-state index in [9.17, 15) is 13.2 Å². The number of rotatable bonds is 4. The summed E-state index contributed by atoms with van der Waals surface area (Å²) in [4.78, 5) is 11.0. The van der Waals surface area contributed by atoms with Crippen molar-refractivity contribution in [1.82, 2.24) is 4.72 Å². The van der Waals surface area contributed by atoms with Gasteiger partial charge in [-0.2, -0.15) is 8.42 Å². The molecule has 0 bridgehead atoms. The van der Waals surface area contributed by atoms with Crippen LogP contribution in [0.5, 0.6) is 0 Å². The number of hydrogen-bond acceptors (Lipinski definition) is 4. The minimum absolute atomic E-state index is 0.0955. The van der Waals surface area contributed by atoms with Gasteiger partial charge in [-0.05, 0) is 25.1 Å². The SMILES string of the molecule is CCOC(=O)NS(=O)(=O)Nc1cccc(Br)c1. The van der Waals surface area contributed by atoms with Crippen LogP contribution in [0.15, 0.2) is 28.7 Å². The zero-order chi connectivity index (χ0) is 12.9. The molecule has 6 nitrogen and oxygen atoms in total. The first-order valence-corrected chi connectivity index (χ1v) is 6.93. The Labute approximate surface area is 108 Å². The van der Waals surface area contributed by atoms with Crippen LogP contribution in [0.3, 0.4) is 0 Å². The average molecular weight is 323 g/mol. The number of carbonyl (C=O) groups is 1.